The van der Waals surface area contributed by atoms with Gasteiger partial charge in [-0.05, 0) is 24.3 Å². The van der Waals surface area contributed by atoms with E-state index in [4.69, 9.17) is 5.73 Å². The molecule has 88 valence electrons. The van der Waals surface area contributed by atoms with Crippen LogP contribution in [0.3, 0.4) is 0 Å². The summed E-state index contributed by atoms with van der Waals surface area (Å²) in [6, 6.07) is 1.88. The second-order valence-corrected chi connectivity index (χ2v) is 5.93. The third-order valence-corrected chi connectivity index (χ3v) is 4.29. The van der Waals surface area contributed by atoms with Gasteiger partial charge in [0.05, 0.1) is 5.56 Å². The van der Waals surface area contributed by atoms with Crippen LogP contribution in [0.1, 0.15) is 41.4 Å². The number of carbonyl (C=O) groups is 1. The smallest absolute Gasteiger partial charge is 0.249 e. The van der Waals surface area contributed by atoms with E-state index in [1.807, 2.05) is 11.4 Å². The predicted molar refractivity (Wildman–Crippen MR) is 66.5 cm³/mol. The van der Waals surface area contributed by atoms with Crippen LogP contribution >= 0.6 is 11.3 Å². The first-order valence-electron chi connectivity index (χ1n) is 5.67. The first-order chi connectivity index (χ1) is 7.59. The number of nitrogens with one attached hydrogen (secondary N) is 1. The fourth-order valence-electron chi connectivity index (χ4n) is 2.05. The standard InChI is InChI=1S/C12H18N2OS/c1-12(3-2-4-12)8-14-6-10-5-9(7-16-10)11(13)15/h5,7,14H,2-4,6,8H2,1H3,(H2,13,15). The Hall–Kier alpha value is -0.870. The topological polar surface area (TPSA) is 55.1 Å². The summed E-state index contributed by atoms with van der Waals surface area (Å²) in [5.41, 5.74) is 6.33. The Balaban J connectivity index is 1.78. The number of carbonyl (C=O) groups excluding carboxylic acids is 1. The van der Waals surface area contributed by atoms with Crippen molar-refractivity contribution in [3.05, 3.63) is 21.9 Å². The van der Waals surface area contributed by atoms with Crippen LogP contribution in [-0.4, -0.2) is 12.5 Å². The van der Waals surface area contributed by atoms with E-state index < -0.39 is 0 Å². The average molecular weight is 238 g/mol. The highest BCUT2D eigenvalue weighted by atomic mass is 32.1. The van der Waals surface area contributed by atoms with E-state index >= 15 is 0 Å². The van der Waals surface area contributed by atoms with Gasteiger partial charge < -0.3 is 11.1 Å². The zero-order chi connectivity index (χ0) is 11.6. The first-order valence-corrected chi connectivity index (χ1v) is 6.55. The van der Waals surface area contributed by atoms with Crippen LogP contribution in [0, 0.1) is 5.41 Å². The molecule has 1 aromatic heterocycles. The molecule has 1 aliphatic rings. The van der Waals surface area contributed by atoms with Crippen molar-refractivity contribution in [2.75, 3.05) is 6.54 Å². The van der Waals surface area contributed by atoms with Gasteiger partial charge in [0.1, 0.15) is 0 Å². The van der Waals surface area contributed by atoms with Crippen molar-refractivity contribution >= 4 is 17.2 Å². The number of nitrogens with two attached hydrogens (primary N) is 1. The van der Waals surface area contributed by atoms with Crippen LogP contribution in [0.25, 0.3) is 0 Å². The average Bonchev–Trinajstić information content (AvgIpc) is 2.64. The van der Waals surface area contributed by atoms with Crippen LogP contribution in [0.2, 0.25) is 0 Å². The molecule has 1 saturated carbocycles. The minimum atomic E-state index is -0.339. The van der Waals surface area contributed by atoms with E-state index in [-0.39, 0.29) is 5.91 Å². The third kappa shape index (κ3) is 2.62. The molecule has 0 unspecified atom stereocenters. The van der Waals surface area contributed by atoms with Gasteiger partial charge in [-0.1, -0.05) is 13.3 Å². The summed E-state index contributed by atoms with van der Waals surface area (Å²) >= 11 is 1.59. The van der Waals surface area contributed by atoms with Crippen LogP contribution in [0.4, 0.5) is 0 Å². The van der Waals surface area contributed by atoms with Gasteiger partial charge >= 0.3 is 0 Å². The van der Waals surface area contributed by atoms with Crippen LogP contribution < -0.4 is 11.1 Å². The zero-order valence-corrected chi connectivity index (χ0v) is 10.4. The lowest BCUT2D eigenvalue weighted by atomic mass is 9.70. The molecule has 3 nitrogen and oxygen atoms in total. The lowest BCUT2D eigenvalue weighted by Gasteiger charge is -2.38. The highest BCUT2D eigenvalue weighted by Crippen LogP contribution is 2.39. The lowest BCUT2D eigenvalue weighted by Crippen LogP contribution is -2.36. The Morgan fingerprint density at radius 1 is 1.62 bits per heavy atom. The van der Waals surface area contributed by atoms with Crippen molar-refractivity contribution < 1.29 is 4.79 Å². The van der Waals surface area contributed by atoms with Gasteiger partial charge in [0.15, 0.2) is 0 Å². The second kappa shape index (κ2) is 4.55. The van der Waals surface area contributed by atoms with Crippen molar-refractivity contribution in [3.8, 4) is 0 Å². The number of hydrogen-bond donors (Lipinski definition) is 2. The molecule has 0 spiro atoms. The number of hydrogen-bond acceptors (Lipinski definition) is 3. The minimum absolute atomic E-state index is 0.339. The SMILES string of the molecule is CC1(CNCc2cc(C(N)=O)cs2)CCC1. The van der Waals surface area contributed by atoms with Crippen molar-refractivity contribution in [1.82, 2.24) is 5.32 Å². The summed E-state index contributed by atoms with van der Waals surface area (Å²) in [6.45, 7) is 4.23. The van der Waals surface area contributed by atoms with Gasteiger partial charge in [0, 0.05) is 23.3 Å². The van der Waals surface area contributed by atoms with Gasteiger partial charge in [0.25, 0.3) is 0 Å². The molecule has 0 aromatic carbocycles. The monoisotopic (exact) mass is 238 g/mol. The van der Waals surface area contributed by atoms with E-state index in [1.165, 1.54) is 24.1 Å². The molecular formula is C12H18N2OS. The largest absolute Gasteiger partial charge is 0.366 e. The molecule has 1 fully saturated rings. The summed E-state index contributed by atoms with van der Waals surface area (Å²) in [5, 5.41) is 5.28. The summed E-state index contributed by atoms with van der Waals surface area (Å²) in [5.74, 6) is -0.339. The van der Waals surface area contributed by atoms with Crippen molar-refractivity contribution in [2.24, 2.45) is 11.1 Å². The lowest BCUT2D eigenvalue weighted by molar-refractivity contribution is 0.100. The molecule has 0 aliphatic heterocycles. The van der Waals surface area contributed by atoms with E-state index in [9.17, 15) is 4.79 Å². The predicted octanol–water partition coefficient (Wildman–Crippen LogP) is 2.13. The molecule has 1 heterocycles. The summed E-state index contributed by atoms with van der Waals surface area (Å²) in [4.78, 5) is 12.1. The molecule has 1 amide bonds. The molecule has 0 radical (unpaired) electrons. The fraction of sp³-hybridized carbons (Fsp3) is 0.583. The molecule has 0 atom stereocenters. The molecule has 0 bridgehead atoms. The van der Waals surface area contributed by atoms with Crippen molar-refractivity contribution in [1.29, 1.82) is 0 Å². The molecule has 3 N–H and O–H groups in total. The Kier molecular flexibility index (Phi) is 3.30. The molecule has 16 heavy (non-hydrogen) atoms. The zero-order valence-electron chi connectivity index (χ0n) is 9.58. The van der Waals surface area contributed by atoms with Crippen molar-refractivity contribution in [2.45, 2.75) is 32.7 Å². The molecule has 4 heteroatoms. The third-order valence-electron chi connectivity index (χ3n) is 3.35. The van der Waals surface area contributed by atoms with Crippen LogP contribution in [0.15, 0.2) is 11.4 Å². The molecule has 0 saturated heterocycles. The first kappa shape index (κ1) is 11.6. The Bertz CT molecular complexity index is 382. The van der Waals surface area contributed by atoms with E-state index in [0.29, 0.717) is 11.0 Å². The molecule has 2 rings (SSSR count). The van der Waals surface area contributed by atoms with Gasteiger partial charge in [-0.3, -0.25) is 4.79 Å². The number of primary amides is 1. The number of amides is 1. The Morgan fingerprint density at radius 2 is 2.38 bits per heavy atom. The Labute approximate surface area is 100 Å². The Morgan fingerprint density at radius 3 is 2.88 bits per heavy atom. The minimum Gasteiger partial charge on any atom is -0.366 e. The second-order valence-electron chi connectivity index (χ2n) is 4.93. The van der Waals surface area contributed by atoms with Gasteiger partial charge in [-0.25, -0.2) is 0 Å². The molecule has 1 aliphatic carbocycles. The maximum absolute atomic E-state index is 10.9. The quantitative estimate of drug-likeness (QED) is 0.825. The number of rotatable bonds is 5. The van der Waals surface area contributed by atoms with Crippen LogP contribution in [-0.2, 0) is 6.54 Å². The van der Waals surface area contributed by atoms with Crippen molar-refractivity contribution in [3.63, 3.8) is 0 Å². The maximum atomic E-state index is 10.9. The summed E-state index contributed by atoms with van der Waals surface area (Å²) < 4.78 is 0. The highest BCUT2D eigenvalue weighted by molar-refractivity contribution is 7.10. The normalized spacial score (nSPS) is 18.1. The van der Waals surface area contributed by atoms with Gasteiger partial charge in [0.2, 0.25) is 5.91 Å². The van der Waals surface area contributed by atoms with Gasteiger partial charge in [-0.2, -0.15) is 0 Å². The van der Waals surface area contributed by atoms with E-state index in [2.05, 4.69) is 12.2 Å². The highest BCUT2D eigenvalue weighted by Gasteiger charge is 2.30. The summed E-state index contributed by atoms with van der Waals surface area (Å²) in [7, 11) is 0. The van der Waals surface area contributed by atoms with Crippen LogP contribution in [0.5, 0.6) is 0 Å². The van der Waals surface area contributed by atoms with Gasteiger partial charge in [-0.15, -0.1) is 11.3 Å². The summed E-state index contributed by atoms with van der Waals surface area (Å²) in [6.07, 6.45) is 4.02. The number of thiophene rings is 1. The molecule has 1 aromatic rings. The van der Waals surface area contributed by atoms with E-state index in [0.717, 1.165) is 13.1 Å². The fourth-order valence-corrected chi connectivity index (χ4v) is 2.89. The maximum Gasteiger partial charge on any atom is 0.249 e. The molecular weight excluding hydrogens is 220 g/mol. The van der Waals surface area contributed by atoms with E-state index in [1.54, 1.807) is 11.3 Å².